The number of H-pyrrole nitrogens is 1. The summed E-state index contributed by atoms with van der Waals surface area (Å²) in [5.74, 6) is 0.883. The van der Waals surface area contributed by atoms with Crippen LogP contribution in [0.5, 0.6) is 0 Å². The molecule has 5 nitrogen and oxygen atoms in total. The van der Waals surface area contributed by atoms with E-state index in [2.05, 4.69) is 14.7 Å². The Morgan fingerprint density at radius 1 is 1.08 bits per heavy atom. The van der Waals surface area contributed by atoms with Gasteiger partial charge in [-0.1, -0.05) is 35.9 Å². The topological polar surface area (TPSA) is 74.8 Å². The van der Waals surface area contributed by atoms with Gasteiger partial charge in [0.1, 0.15) is 5.82 Å². The molecule has 2 N–H and O–H groups in total. The molecule has 0 spiro atoms. The molecule has 0 amide bonds. The molecule has 0 aliphatic heterocycles. The average molecular weight is 343 g/mol. The summed E-state index contributed by atoms with van der Waals surface area (Å²) >= 11 is 0. The van der Waals surface area contributed by atoms with Crippen LogP contribution >= 0.6 is 0 Å². The van der Waals surface area contributed by atoms with Crippen LogP contribution < -0.4 is 4.72 Å². The lowest BCUT2D eigenvalue weighted by molar-refractivity contribution is 0.581. The normalized spacial score (nSPS) is 11.9. The van der Waals surface area contributed by atoms with Crippen molar-refractivity contribution in [3.8, 4) is 0 Å². The molecule has 0 fully saturated rings. The predicted octanol–water partition coefficient (Wildman–Crippen LogP) is 2.84. The van der Waals surface area contributed by atoms with E-state index in [9.17, 15) is 8.42 Å². The molecule has 24 heavy (non-hydrogen) atoms. The molecule has 0 saturated heterocycles. The first-order chi connectivity index (χ1) is 11.4. The Balaban J connectivity index is 1.59. The number of hydrogen-bond acceptors (Lipinski definition) is 3. The van der Waals surface area contributed by atoms with E-state index in [1.807, 2.05) is 56.3 Å². The van der Waals surface area contributed by atoms with Crippen LogP contribution in [0.1, 0.15) is 22.5 Å². The second-order valence-corrected chi connectivity index (χ2v) is 7.87. The number of sulfonamides is 1. The van der Waals surface area contributed by atoms with E-state index in [1.165, 1.54) is 0 Å². The van der Waals surface area contributed by atoms with E-state index >= 15 is 0 Å². The molecule has 0 unspecified atom stereocenters. The molecule has 0 aliphatic rings. The van der Waals surface area contributed by atoms with Gasteiger partial charge < -0.3 is 4.98 Å². The third-order valence-corrected chi connectivity index (χ3v) is 5.20. The van der Waals surface area contributed by atoms with Crippen LogP contribution in [0.2, 0.25) is 0 Å². The smallest absolute Gasteiger partial charge is 0.215 e. The average Bonchev–Trinajstić information content (AvgIpc) is 2.86. The fourth-order valence-electron chi connectivity index (χ4n) is 2.76. The Labute approximate surface area is 142 Å². The molecule has 126 valence electrons. The van der Waals surface area contributed by atoms with Gasteiger partial charge in [0.25, 0.3) is 0 Å². The molecule has 0 saturated carbocycles. The molecule has 0 bridgehead atoms. The lowest BCUT2D eigenvalue weighted by atomic mass is 10.1. The Hall–Kier alpha value is -2.18. The van der Waals surface area contributed by atoms with Crippen molar-refractivity contribution in [2.24, 2.45) is 0 Å². The Morgan fingerprint density at radius 2 is 1.92 bits per heavy atom. The minimum Gasteiger partial charge on any atom is -0.342 e. The minimum atomic E-state index is -3.33. The van der Waals surface area contributed by atoms with Crippen molar-refractivity contribution in [2.75, 3.05) is 6.54 Å². The van der Waals surface area contributed by atoms with Gasteiger partial charge in [0, 0.05) is 6.54 Å². The lowest BCUT2D eigenvalue weighted by Gasteiger charge is -2.07. The molecule has 0 atom stereocenters. The monoisotopic (exact) mass is 343 g/mol. The van der Waals surface area contributed by atoms with Crippen LogP contribution in [0, 0.1) is 13.8 Å². The molecule has 0 aliphatic carbocycles. The van der Waals surface area contributed by atoms with Gasteiger partial charge >= 0.3 is 0 Å². The van der Waals surface area contributed by atoms with Crippen molar-refractivity contribution in [2.45, 2.75) is 26.0 Å². The number of imidazole rings is 1. The van der Waals surface area contributed by atoms with Crippen LogP contribution in [0.4, 0.5) is 0 Å². The van der Waals surface area contributed by atoms with E-state index in [1.54, 1.807) is 0 Å². The van der Waals surface area contributed by atoms with Gasteiger partial charge in [-0.05, 0) is 43.5 Å². The molecular weight excluding hydrogens is 322 g/mol. The van der Waals surface area contributed by atoms with Crippen molar-refractivity contribution in [1.82, 2.24) is 14.7 Å². The SMILES string of the molecule is Cc1cccc(CS(=O)(=O)NCCc2ccc3nc(C)[nH]c3c2)c1. The Morgan fingerprint density at radius 3 is 2.71 bits per heavy atom. The van der Waals surface area contributed by atoms with E-state index in [0.29, 0.717) is 13.0 Å². The molecule has 3 aromatic rings. The Bertz CT molecular complexity index is 961. The maximum atomic E-state index is 12.2. The summed E-state index contributed by atoms with van der Waals surface area (Å²) < 4.78 is 27.1. The van der Waals surface area contributed by atoms with Crippen molar-refractivity contribution >= 4 is 21.1 Å². The van der Waals surface area contributed by atoms with Crippen LogP contribution in [0.15, 0.2) is 42.5 Å². The summed E-state index contributed by atoms with van der Waals surface area (Å²) in [7, 11) is -3.33. The fraction of sp³-hybridized carbons (Fsp3) is 0.278. The van der Waals surface area contributed by atoms with Crippen molar-refractivity contribution in [1.29, 1.82) is 0 Å². The summed E-state index contributed by atoms with van der Waals surface area (Å²) in [5, 5.41) is 0. The number of rotatable bonds is 6. The summed E-state index contributed by atoms with van der Waals surface area (Å²) in [6.45, 7) is 4.25. The number of aromatic amines is 1. The lowest BCUT2D eigenvalue weighted by Crippen LogP contribution is -2.27. The molecule has 1 aromatic heterocycles. The molecule has 0 radical (unpaired) electrons. The maximum absolute atomic E-state index is 12.2. The predicted molar refractivity (Wildman–Crippen MR) is 96.3 cm³/mol. The first kappa shape index (κ1) is 16.7. The zero-order valence-corrected chi connectivity index (χ0v) is 14.7. The van der Waals surface area contributed by atoms with Crippen LogP contribution in [0.25, 0.3) is 11.0 Å². The number of nitrogens with one attached hydrogen (secondary N) is 2. The van der Waals surface area contributed by atoms with E-state index < -0.39 is 10.0 Å². The number of nitrogens with zero attached hydrogens (tertiary/aromatic N) is 1. The number of fused-ring (bicyclic) bond motifs is 1. The van der Waals surface area contributed by atoms with Gasteiger partial charge in [0.2, 0.25) is 10.0 Å². The highest BCUT2D eigenvalue weighted by Gasteiger charge is 2.11. The zero-order chi connectivity index (χ0) is 17.2. The van der Waals surface area contributed by atoms with Crippen molar-refractivity contribution in [3.63, 3.8) is 0 Å². The second kappa shape index (κ2) is 6.75. The third kappa shape index (κ3) is 4.21. The molecule has 1 heterocycles. The highest BCUT2D eigenvalue weighted by molar-refractivity contribution is 7.88. The number of benzene rings is 2. The van der Waals surface area contributed by atoms with Gasteiger partial charge in [0.15, 0.2) is 0 Å². The highest BCUT2D eigenvalue weighted by Crippen LogP contribution is 2.14. The van der Waals surface area contributed by atoms with Gasteiger partial charge in [-0.15, -0.1) is 0 Å². The van der Waals surface area contributed by atoms with Gasteiger partial charge in [0.05, 0.1) is 16.8 Å². The van der Waals surface area contributed by atoms with Gasteiger partial charge in [-0.25, -0.2) is 18.1 Å². The summed E-state index contributed by atoms with van der Waals surface area (Å²) in [6.07, 6.45) is 0.640. The van der Waals surface area contributed by atoms with E-state index in [4.69, 9.17) is 0 Å². The number of hydrogen-bond donors (Lipinski definition) is 2. The van der Waals surface area contributed by atoms with Crippen LogP contribution in [-0.2, 0) is 22.2 Å². The molecular formula is C18H21N3O2S. The molecule has 2 aromatic carbocycles. The van der Waals surface area contributed by atoms with E-state index in [-0.39, 0.29) is 5.75 Å². The maximum Gasteiger partial charge on any atom is 0.215 e. The highest BCUT2D eigenvalue weighted by atomic mass is 32.2. The second-order valence-electron chi connectivity index (χ2n) is 6.07. The Kier molecular flexibility index (Phi) is 4.69. The standard InChI is InChI=1S/C18H21N3O2S/c1-13-4-3-5-16(10-13)12-24(22,23)19-9-8-15-6-7-17-18(11-15)21-14(2)20-17/h3-7,10-11,19H,8-9,12H2,1-2H3,(H,20,21). The summed E-state index contributed by atoms with van der Waals surface area (Å²) in [4.78, 5) is 7.55. The zero-order valence-electron chi connectivity index (χ0n) is 13.8. The first-order valence-corrected chi connectivity index (χ1v) is 9.55. The van der Waals surface area contributed by atoms with Crippen LogP contribution in [0.3, 0.4) is 0 Å². The third-order valence-electron chi connectivity index (χ3n) is 3.84. The fourth-order valence-corrected chi connectivity index (χ4v) is 3.90. The van der Waals surface area contributed by atoms with Crippen molar-refractivity contribution < 1.29 is 8.42 Å². The summed E-state index contributed by atoms with van der Waals surface area (Å²) in [5.41, 5.74) is 4.84. The number of aromatic nitrogens is 2. The number of aryl methyl sites for hydroxylation is 2. The quantitative estimate of drug-likeness (QED) is 0.723. The van der Waals surface area contributed by atoms with Crippen LogP contribution in [-0.4, -0.2) is 24.9 Å². The minimum absolute atomic E-state index is 0.00740. The van der Waals surface area contributed by atoms with Gasteiger partial charge in [-0.2, -0.15) is 0 Å². The molecule has 6 heteroatoms. The summed E-state index contributed by atoms with van der Waals surface area (Å²) in [6, 6.07) is 13.5. The largest absolute Gasteiger partial charge is 0.342 e. The van der Waals surface area contributed by atoms with E-state index in [0.717, 1.165) is 33.5 Å². The van der Waals surface area contributed by atoms with Crippen molar-refractivity contribution in [3.05, 3.63) is 65.0 Å². The first-order valence-electron chi connectivity index (χ1n) is 7.89. The van der Waals surface area contributed by atoms with Gasteiger partial charge in [-0.3, -0.25) is 0 Å². The molecule has 3 rings (SSSR count).